The Bertz CT molecular complexity index is 397. The average molecular weight is 250 g/mol. The molecule has 2 N–H and O–H groups in total. The number of aromatic hydroxyl groups is 1. The molecule has 1 fully saturated rings. The monoisotopic (exact) mass is 250 g/mol. The second-order valence-corrected chi connectivity index (χ2v) is 5.67. The van der Waals surface area contributed by atoms with Crippen LogP contribution in [0, 0.1) is 13.8 Å². The van der Waals surface area contributed by atoms with E-state index in [1.54, 1.807) is 4.90 Å². The van der Waals surface area contributed by atoms with E-state index in [0.29, 0.717) is 18.0 Å². The summed E-state index contributed by atoms with van der Waals surface area (Å²) >= 11 is 0. The minimum atomic E-state index is 0.336. The maximum absolute atomic E-state index is 9.79. The van der Waals surface area contributed by atoms with E-state index in [2.05, 4.69) is 26.0 Å². The topological polar surface area (TPSA) is 33.9 Å². The van der Waals surface area contributed by atoms with Crippen LogP contribution in [0.2, 0.25) is 0 Å². The molecule has 0 amide bonds. The molecular weight excluding hydrogens is 226 g/mol. The molecule has 1 aliphatic heterocycles. The number of phenolic OH excluding ortho intramolecular Hbond substituents is 1. The maximum Gasteiger partial charge on any atom is 0.121 e. The summed E-state index contributed by atoms with van der Waals surface area (Å²) in [6.45, 7) is 11.3. The van der Waals surface area contributed by atoms with Crippen LogP contribution < -0.4 is 4.90 Å². The number of rotatable bonds is 2. The van der Waals surface area contributed by atoms with Crippen LogP contribution in [-0.2, 0) is 11.3 Å². The van der Waals surface area contributed by atoms with Crippen LogP contribution in [0.3, 0.4) is 0 Å². The van der Waals surface area contributed by atoms with E-state index in [4.69, 9.17) is 4.74 Å². The number of aryl methyl sites for hydroxylation is 2. The predicted molar refractivity (Wildman–Crippen MR) is 72.0 cm³/mol. The molecule has 2 atom stereocenters. The number of hydrogen-bond donors (Lipinski definition) is 2. The van der Waals surface area contributed by atoms with E-state index in [9.17, 15) is 5.11 Å². The van der Waals surface area contributed by atoms with E-state index in [1.807, 2.05) is 13.8 Å². The van der Waals surface area contributed by atoms with Crippen LogP contribution in [0.5, 0.6) is 5.75 Å². The molecule has 1 aromatic carbocycles. The molecule has 0 aliphatic carbocycles. The van der Waals surface area contributed by atoms with E-state index in [1.165, 1.54) is 5.56 Å². The quantitative estimate of drug-likeness (QED) is 0.827. The first-order valence-corrected chi connectivity index (χ1v) is 6.74. The minimum absolute atomic E-state index is 0.336. The highest BCUT2D eigenvalue weighted by molar-refractivity contribution is 5.41. The van der Waals surface area contributed by atoms with Crippen molar-refractivity contribution in [3.8, 4) is 5.75 Å². The van der Waals surface area contributed by atoms with E-state index < -0.39 is 0 Å². The van der Waals surface area contributed by atoms with Gasteiger partial charge in [-0.2, -0.15) is 0 Å². The van der Waals surface area contributed by atoms with Gasteiger partial charge in [0.15, 0.2) is 0 Å². The zero-order chi connectivity index (χ0) is 13.3. The second kappa shape index (κ2) is 5.29. The normalized spacial score (nSPS) is 28.3. The number of nitrogens with one attached hydrogen (secondary N) is 1. The highest BCUT2D eigenvalue weighted by Crippen LogP contribution is 2.22. The van der Waals surface area contributed by atoms with Crippen molar-refractivity contribution < 1.29 is 14.7 Å². The standard InChI is InChI=1S/C15H23NO2/c1-10-5-14(6-11(2)15(10)17)9-16-7-12(3)18-13(4)8-16/h5-6,12-13,17H,7-9H2,1-4H3/p+1/t12-,13-/m1/s1. The van der Waals surface area contributed by atoms with Crippen LogP contribution in [-0.4, -0.2) is 30.4 Å². The minimum Gasteiger partial charge on any atom is -0.507 e. The number of morpholine rings is 1. The third-order valence-electron chi connectivity index (χ3n) is 3.62. The van der Waals surface area contributed by atoms with E-state index in [0.717, 1.165) is 30.8 Å². The van der Waals surface area contributed by atoms with Crippen molar-refractivity contribution in [2.24, 2.45) is 0 Å². The molecule has 1 aliphatic rings. The molecule has 0 aromatic heterocycles. The lowest BCUT2D eigenvalue weighted by Gasteiger charge is -2.32. The third-order valence-corrected chi connectivity index (χ3v) is 3.62. The largest absolute Gasteiger partial charge is 0.507 e. The Kier molecular flexibility index (Phi) is 3.93. The van der Waals surface area contributed by atoms with Gasteiger partial charge >= 0.3 is 0 Å². The molecule has 0 unspecified atom stereocenters. The van der Waals surface area contributed by atoms with Crippen molar-refractivity contribution >= 4 is 0 Å². The highest BCUT2D eigenvalue weighted by Gasteiger charge is 2.25. The molecule has 0 bridgehead atoms. The zero-order valence-electron chi connectivity index (χ0n) is 11.8. The van der Waals surface area contributed by atoms with Gasteiger partial charge in [0.2, 0.25) is 0 Å². The van der Waals surface area contributed by atoms with Gasteiger partial charge < -0.3 is 14.7 Å². The molecule has 1 heterocycles. The van der Waals surface area contributed by atoms with Crippen molar-refractivity contribution in [2.45, 2.75) is 46.4 Å². The summed E-state index contributed by atoms with van der Waals surface area (Å²) in [5.41, 5.74) is 3.25. The predicted octanol–water partition coefficient (Wildman–Crippen LogP) is 1.20. The first kappa shape index (κ1) is 13.4. The Morgan fingerprint density at radius 1 is 1.17 bits per heavy atom. The second-order valence-electron chi connectivity index (χ2n) is 5.67. The van der Waals surface area contributed by atoms with Crippen molar-refractivity contribution in [1.82, 2.24) is 0 Å². The van der Waals surface area contributed by atoms with Crippen LogP contribution in [0.25, 0.3) is 0 Å². The lowest BCUT2D eigenvalue weighted by molar-refractivity contribution is -0.928. The van der Waals surface area contributed by atoms with Crippen molar-refractivity contribution in [2.75, 3.05) is 13.1 Å². The maximum atomic E-state index is 9.79. The third kappa shape index (κ3) is 3.03. The van der Waals surface area contributed by atoms with Crippen LogP contribution in [0.4, 0.5) is 0 Å². The number of hydrogen-bond acceptors (Lipinski definition) is 2. The van der Waals surface area contributed by atoms with Gasteiger partial charge in [0.05, 0.1) is 0 Å². The van der Waals surface area contributed by atoms with Gasteiger partial charge in [-0.05, 0) is 51.0 Å². The number of ether oxygens (including phenoxy) is 1. The van der Waals surface area contributed by atoms with Crippen LogP contribution >= 0.6 is 0 Å². The molecule has 2 rings (SSSR count). The smallest absolute Gasteiger partial charge is 0.121 e. The summed E-state index contributed by atoms with van der Waals surface area (Å²) in [6.07, 6.45) is 0.672. The molecule has 0 spiro atoms. The first-order chi connectivity index (χ1) is 8.45. The van der Waals surface area contributed by atoms with Gasteiger partial charge in [0, 0.05) is 5.56 Å². The van der Waals surface area contributed by atoms with Crippen molar-refractivity contribution in [3.05, 3.63) is 28.8 Å². The molecule has 0 radical (unpaired) electrons. The number of quaternary nitrogens is 1. The molecule has 1 aromatic rings. The van der Waals surface area contributed by atoms with E-state index >= 15 is 0 Å². The van der Waals surface area contributed by atoms with Gasteiger partial charge in [-0.1, -0.05) is 0 Å². The summed E-state index contributed by atoms with van der Waals surface area (Å²) in [5.74, 6) is 0.428. The van der Waals surface area contributed by atoms with E-state index in [-0.39, 0.29) is 0 Å². The number of phenols is 1. The van der Waals surface area contributed by atoms with Gasteiger partial charge in [0.1, 0.15) is 37.6 Å². The van der Waals surface area contributed by atoms with Gasteiger partial charge in [0.25, 0.3) is 0 Å². The molecule has 0 saturated carbocycles. The Morgan fingerprint density at radius 3 is 2.17 bits per heavy atom. The fraction of sp³-hybridized carbons (Fsp3) is 0.600. The van der Waals surface area contributed by atoms with Crippen molar-refractivity contribution in [3.63, 3.8) is 0 Å². The first-order valence-electron chi connectivity index (χ1n) is 6.74. The number of benzene rings is 1. The molecule has 1 saturated heterocycles. The van der Waals surface area contributed by atoms with Crippen LogP contribution in [0.15, 0.2) is 12.1 Å². The summed E-state index contributed by atoms with van der Waals surface area (Å²) < 4.78 is 5.76. The Balaban J connectivity index is 2.09. The summed E-state index contributed by atoms with van der Waals surface area (Å²) in [4.78, 5) is 1.56. The van der Waals surface area contributed by atoms with Crippen molar-refractivity contribution in [1.29, 1.82) is 0 Å². The summed E-state index contributed by atoms with van der Waals surface area (Å²) in [7, 11) is 0. The fourth-order valence-corrected chi connectivity index (χ4v) is 2.97. The van der Waals surface area contributed by atoms with Gasteiger partial charge in [-0.25, -0.2) is 0 Å². The summed E-state index contributed by atoms with van der Waals surface area (Å²) in [6, 6.07) is 4.19. The molecular formula is C15H24NO2+. The Labute approximate surface area is 109 Å². The molecule has 3 nitrogen and oxygen atoms in total. The average Bonchev–Trinajstić information content (AvgIpc) is 2.24. The fourth-order valence-electron chi connectivity index (χ4n) is 2.97. The molecule has 18 heavy (non-hydrogen) atoms. The van der Waals surface area contributed by atoms with Gasteiger partial charge in [-0.15, -0.1) is 0 Å². The Morgan fingerprint density at radius 2 is 1.67 bits per heavy atom. The van der Waals surface area contributed by atoms with Gasteiger partial charge in [-0.3, -0.25) is 0 Å². The summed E-state index contributed by atoms with van der Waals surface area (Å²) in [5, 5.41) is 9.79. The Hall–Kier alpha value is -1.06. The molecule has 3 heteroatoms. The lowest BCUT2D eigenvalue weighted by atomic mass is 10.0. The lowest BCUT2D eigenvalue weighted by Crippen LogP contribution is -3.14. The SMILES string of the molecule is Cc1cc(C[NH+]2C[C@@H](C)O[C@H](C)C2)cc(C)c1O. The highest BCUT2D eigenvalue weighted by atomic mass is 16.5. The molecule has 100 valence electrons. The zero-order valence-corrected chi connectivity index (χ0v) is 11.8. The van der Waals surface area contributed by atoms with Crippen LogP contribution in [0.1, 0.15) is 30.5 Å².